The summed E-state index contributed by atoms with van der Waals surface area (Å²) >= 11 is 0. The van der Waals surface area contributed by atoms with Gasteiger partial charge in [0.1, 0.15) is 17.3 Å². The normalized spacial score (nSPS) is 13.7. The van der Waals surface area contributed by atoms with Gasteiger partial charge < -0.3 is 9.64 Å². The van der Waals surface area contributed by atoms with Crippen molar-refractivity contribution in [2.24, 2.45) is 0 Å². The van der Waals surface area contributed by atoms with Crippen LogP contribution in [0.15, 0.2) is 84.6 Å². The number of hydrogen-bond donors (Lipinski definition) is 0. The van der Waals surface area contributed by atoms with E-state index in [4.69, 9.17) is 4.74 Å². The highest BCUT2D eigenvalue weighted by atomic mass is 19.1. The van der Waals surface area contributed by atoms with Gasteiger partial charge in [0, 0.05) is 18.3 Å². The zero-order valence-corrected chi connectivity index (χ0v) is 17.2. The van der Waals surface area contributed by atoms with Gasteiger partial charge in [-0.2, -0.15) is 0 Å². The van der Waals surface area contributed by atoms with E-state index in [1.807, 2.05) is 48.5 Å². The summed E-state index contributed by atoms with van der Waals surface area (Å²) < 4.78 is 18.9. The van der Waals surface area contributed by atoms with E-state index in [1.165, 1.54) is 29.2 Å². The molecule has 2 amide bonds. The zero-order valence-electron chi connectivity index (χ0n) is 17.2. The summed E-state index contributed by atoms with van der Waals surface area (Å²) in [5, 5.41) is 0. The first-order chi connectivity index (χ1) is 15.0. The van der Waals surface area contributed by atoms with Gasteiger partial charge in [0.2, 0.25) is 0 Å². The number of carbonyl (C=O) groups is 2. The lowest BCUT2D eigenvalue weighted by Crippen LogP contribution is -2.33. The molecule has 0 bridgehead atoms. The summed E-state index contributed by atoms with van der Waals surface area (Å²) in [4.78, 5) is 29.8. The molecule has 0 aromatic heterocycles. The third-order valence-corrected chi connectivity index (χ3v) is 5.28. The molecule has 0 spiro atoms. The zero-order chi connectivity index (χ0) is 22.0. The number of imide groups is 1. The van der Waals surface area contributed by atoms with E-state index in [9.17, 15) is 14.0 Å². The average molecular weight is 416 g/mol. The number of amides is 2. The maximum atomic E-state index is 13.5. The lowest BCUT2D eigenvalue weighted by atomic mass is 10.0. The molecule has 0 N–H and O–H groups in total. The Labute approximate surface area is 180 Å². The average Bonchev–Trinajstić information content (AvgIpc) is 3.05. The molecular formula is C25H21FN2O3. The molecule has 5 nitrogen and oxygen atoms in total. The topological polar surface area (TPSA) is 49.9 Å². The number of anilines is 1. The highest BCUT2D eigenvalue weighted by Gasteiger charge is 2.41. The minimum atomic E-state index is -0.430. The van der Waals surface area contributed by atoms with Crippen LogP contribution in [0.5, 0.6) is 5.75 Å². The molecule has 0 aliphatic carbocycles. The van der Waals surface area contributed by atoms with Crippen LogP contribution in [0, 0.1) is 5.82 Å². The summed E-state index contributed by atoms with van der Waals surface area (Å²) in [5.41, 5.74) is 2.45. The predicted octanol–water partition coefficient (Wildman–Crippen LogP) is 4.25. The number of nitrogens with zero attached hydrogens (tertiary/aromatic N) is 2. The second-order valence-corrected chi connectivity index (χ2v) is 7.13. The van der Waals surface area contributed by atoms with E-state index < -0.39 is 17.6 Å². The van der Waals surface area contributed by atoms with Gasteiger partial charge in [0.25, 0.3) is 11.8 Å². The van der Waals surface area contributed by atoms with E-state index in [0.717, 1.165) is 5.69 Å². The number of methoxy groups -OCH3 is 1. The number of hydrogen-bond acceptors (Lipinski definition) is 4. The second-order valence-electron chi connectivity index (χ2n) is 7.13. The van der Waals surface area contributed by atoms with Crippen molar-refractivity contribution in [1.29, 1.82) is 0 Å². The van der Waals surface area contributed by atoms with Crippen LogP contribution >= 0.6 is 0 Å². The first kappa shape index (κ1) is 20.3. The number of rotatable bonds is 6. The molecule has 6 heteroatoms. The van der Waals surface area contributed by atoms with Crippen molar-refractivity contribution in [1.82, 2.24) is 4.90 Å². The Bertz CT molecular complexity index is 1160. The van der Waals surface area contributed by atoms with Crippen molar-refractivity contribution in [3.05, 3.63) is 102 Å². The Morgan fingerprint density at radius 2 is 1.52 bits per heavy atom. The quantitative estimate of drug-likeness (QED) is 0.564. The standard InChI is InChI=1S/C25H21FN2O3/c1-27(20-9-4-3-5-10-20)23-22(17-12-14-19(26)15-13-17)24(29)28(25(23)30)16-18-8-6-7-11-21(18)31-2/h3-15H,16H2,1-2H3. The molecule has 1 aliphatic heterocycles. The van der Waals surface area contributed by atoms with Crippen LogP contribution < -0.4 is 9.64 Å². The van der Waals surface area contributed by atoms with Crippen LogP contribution in [-0.4, -0.2) is 30.9 Å². The van der Waals surface area contributed by atoms with Crippen molar-refractivity contribution < 1.29 is 18.7 Å². The maximum Gasteiger partial charge on any atom is 0.278 e. The second kappa shape index (κ2) is 8.44. The fraction of sp³-hybridized carbons (Fsp3) is 0.120. The number of carbonyl (C=O) groups excluding carboxylic acids is 2. The molecule has 0 atom stereocenters. The van der Waals surface area contributed by atoms with Crippen LogP contribution in [0.1, 0.15) is 11.1 Å². The van der Waals surface area contributed by atoms with Crippen molar-refractivity contribution in [3.8, 4) is 5.75 Å². The Kier molecular flexibility index (Phi) is 5.54. The molecule has 0 radical (unpaired) electrons. The van der Waals surface area contributed by atoms with Crippen LogP contribution in [0.4, 0.5) is 10.1 Å². The van der Waals surface area contributed by atoms with E-state index in [2.05, 4.69) is 0 Å². The Morgan fingerprint density at radius 1 is 0.871 bits per heavy atom. The molecule has 1 aliphatic rings. The van der Waals surface area contributed by atoms with Crippen molar-refractivity contribution in [2.45, 2.75) is 6.54 Å². The Balaban J connectivity index is 1.79. The van der Waals surface area contributed by atoms with Crippen molar-refractivity contribution in [2.75, 3.05) is 19.1 Å². The molecule has 0 saturated carbocycles. The number of benzene rings is 3. The highest BCUT2D eigenvalue weighted by Crippen LogP contribution is 2.35. The van der Waals surface area contributed by atoms with Gasteiger partial charge in [-0.05, 0) is 35.9 Å². The summed E-state index contributed by atoms with van der Waals surface area (Å²) in [7, 11) is 3.29. The monoisotopic (exact) mass is 416 g/mol. The smallest absolute Gasteiger partial charge is 0.278 e. The number of halogens is 1. The lowest BCUT2D eigenvalue weighted by Gasteiger charge is -2.22. The maximum absolute atomic E-state index is 13.5. The van der Waals surface area contributed by atoms with Crippen molar-refractivity contribution >= 4 is 23.1 Å². The Hall–Kier alpha value is -3.93. The molecule has 0 unspecified atom stereocenters. The molecule has 4 rings (SSSR count). The van der Waals surface area contributed by atoms with E-state index >= 15 is 0 Å². The number of likely N-dealkylation sites (N-methyl/N-ethyl adjacent to an activating group) is 1. The molecule has 1 heterocycles. The Morgan fingerprint density at radius 3 is 2.19 bits per heavy atom. The first-order valence-corrected chi connectivity index (χ1v) is 9.78. The molecule has 3 aromatic carbocycles. The van der Waals surface area contributed by atoms with Crippen LogP contribution in [0.3, 0.4) is 0 Å². The minimum Gasteiger partial charge on any atom is -0.496 e. The predicted molar refractivity (Wildman–Crippen MR) is 117 cm³/mol. The molecule has 3 aromatic rings. The van der Waals surface area contributed by atoms with Crippen LogP contribution in [0.2, 0.25) is 0 Å². The molecule has 31 heavy (non-hydrogen) atoms. The summed E-state index contributed by atoms with van der Waals surface area (Å²) in [6, 6.07) is 22.2. The molecule has 156 valence electrons. The molecule has 0 saturated heterocycles. The SMILES string of the molecule is COc1ccccc1CN1C(=O)C(c2ccc(F)cc2)=C(N(C)c2ccccc2)C1=O. The lowest BCUT2D eigenvalue weighted by molar-refractivity contribution is -0.137. The van der Waals surface area contributed by atoms with Gasteiger partial charge in [-0.3, -0.25) is 14.5 Å². The molecule has 0 fully saturated rings. The summed E-state index contributed by atoms with van der Waals surface area (Å²) in [6.07, 6.45) is 0. The molecular weight excluding hydrogens is 395 g/mol. The van der Waals surface area contributed by atoms with Gasteiger partial charge >= 0.3 is 0 Å². The van der Waals surface area contributed by atoms with Gasteiger partial charge in [-0.15, -0.1) is 0 Å². The first-order valence-electron chi connectivity index (χ1n) is 9.78. The van der Waals surface area contributed by atoms with Crippen molar-refractivity contribution in [3.63, 3.8) is 0 Å². The fourth-order valence-corrected chi connectivity index (χ4v) is 3.68. The van der Waals surface area contributed by atoms with E-state index in [-0.39, 0.29) is 17.8 Å². The van der Waals surface area contributed by atoms with E-state index in [0.29, 0.717) is 16.9 Å². The summed E-state index contributed by atoms with van der Waals surface area (Å²) in [6.45, 7) is 0.0680. The fourth-order valence-electron chi connectivity index (χ4n) is 3.68. The third-order valence-electron chi connectivity index (χ3n) is 5.28. The highest BCUT2D eigenvalue weighted by molar-refractivity contribution is 6.36. The van der Waals surface area contributed by atoms with Crippen LogP contribution in [-0.2, 0) is 16.1 Å². The van der Waals surface area contributed by atoms with Crippen LogP contribution in [0.25, 0.3) is 5.57 Å². The largest absolute Gasteiger partial charge is 0.496 e. The van der Waals surface area contributed by atoms with Gasteiger partial charge in [0.15, 0.2) is 0 Å². The van der Waals surface area contributed by atoms with Gasteiger partial charge in [-0.1, -0.05) is 48.5 Å². The summed E-state index contributed by atoms with van der Waals surface area (Å²) in [5.74, 6) is -0.664. The minimum absolute atomic E-state index is 0.0680. The van der Waals surface area contributed by atoms with E-state index in [1.54, 1.807) is 25.1 Å². The number of para-hydroxylation sites is 2. The van der Waals surface area contributed by atoms with Gasteiger partial charge in [0.05, 0.1) is 19.2 Å². The number of ether oxygens (including phenoxy) is 1. The third kappa shape index (κ3) is 3.80. The van der Waals surface area contributed by atoms with Gasteiger partial charge in [-0.25, -0.2) is 4.39 Å².